The Morgan fingerprint density at radius 1 is 0.603 bits per heavy atom. The number of aliphatic hydroxyl groups is 1. The Labute approximate surface area is 436 Å². The first-order chi connectivity index (χ1) is 31.5. The predicted molar refractivity (Wildman–Crippen MR) is 245 cm³/mol. The number of fused-ring (bicyclic) bond motifs is 1. The standard InChI is InChI=1S/C44H47N9O11S2.2Na/c1-3-5-17-62-36-20-26(12-14-32(36)49-51-34-25-35(64-19-16-54)31(46)24-30(34)45)27-13-15-33(37(21-27)63-18-6-4-2)50-52-42-38(65(56,57)58)22-28-23-39(66(59,60)61)43(44(55)40(28)41(42)47)53-48-29-10-8-7-9-11-29;;/h7-15,20-25,54-55H,3-6,16-19,45-47H2,1-2H3,(H,56,57,58)(H,59,60,61);;/q;2*+1/p-2. The quantitative estimate of drug-likeness (QED) is 0.0241. The van der Waals surface area contributed by atoms with Crippen molar-refractivity contribution in [1.29, 1.82) is 0 Å². The van der Waals surface area contributed by atoms with Gasteiger partial charge < -0.3 is 46.2 Å². The maximum Gasteiger partial charge on any atom is 1.00 e. The largest absolute Gasteiger partial charge is 1.00 e. The van der Waals surface area contributed by atoms with Crippen LogP contribution in [0.3, 0.4) is 0 Å². The van der Waals surface area contributed by atoms with Gasteiger partial charge in [0, 0.05) is 11.5 Å². The number of anilines is 3. The number of azo groups is 3. The monoisotopic (exact) mass is 985 g/mol. The van der Waals surface area contributed by atoms with Crippen LogP contribution in [0.2, 0.25) is 0 Å². The van der Waals surface area contributed by atoms with E-state index < -0.39 is 63.6 Å². The number of nitrogens with two attached hydrogens (primary N) is 3. The predicted octanol–water partition coefficient (Wildman–Crippen LogP) is 3.46. The van der Waals surface area contributed by atoms with Crippen LogP contribution in [-0.2, 0) is 20.2 Å². The Morgan fingerprint density at radius 2 is 1.13 bits per heavy atom. The molecule has 20 nitrogen and oxygen atoms in total. The Hall–Kier alpha value is -5.24. The van der Waals surface area contributed by atoms with Gasteiger partial charge in [0.1, 0.15) is 61.6 Å². The molecule has 0 spiro atoms. The molecule has 0 bridgehead atoms. The molecule has 0 aliphatic carbocycles. The number of aliphatic hydroxyl groups excluding tert-OH is 1. The molecule has 8 N–H and O–H groups in total. The molecule has 0 heterocycles. The molecule has 24 heteroatoms. The van der Waals surface area contributed by atoms with E-state index in [2.05, 4.69) is 30.7 Å². The summed E-state index contributed by atoms with van der Waals surface area (Å²) in [6.45, 7) is 4.42. The number of hydrogen-bond donors (Lipinski definition) is 5. The number of hydrogen-bond acceptors (Lipinski definition) is 19. The number of rotatable bonds is 20. The topological polar surface area (TPSA) is 335 Å². The molecular formula is C44H45N9Na2O11S2. The van der Waals surface area contributed by atoms with E-state index in [1.54, 1.807) is 48.5 Å². The minimum Gasteiger partial charge on any atom is -0.870 e. The van der Waals surface area contributed by atoms with Crippen LogP contribution in [0.25, 0.3) is 21.9 Å². The number of unbranched alkanes of at least 4 members (excludes halogenated alkanes) is 2. The number of benzene rings is 6. The van der Waals surface area contributed by atoms with Crippen LogP contribution in [0.15, 0.2) is 131 Å². The molecule has 0 aromatic heterocycles. The summed E-state index contributed by atoms with van der Waals surface area (Å²) in [6.07, 6.45) is 3.06. The summed E-state index contributed by atoms with van der Waals surface area (Å²) < 4.78 is 90.6. The van der Waals surface area contributed by atoms with E-state index >= 15 is 0 Å². The molecule has 0 aliphatic heterocycles. The number of nitrogen functional groups attached to an aromatic ring is 3. The van der Waals surface area contributed by atoms with E-state index in [0.717, 1.165) is 31.4 Å². The Bertz CT molecular complexity index is 3070. The van der Waals surface area contributed by atoms with Gasteiger partial charge in [0.25, 0.3) is 10.1 Å². The first-order valence-corrected chi connectivity index (χ1v) is 23.2. The van der Waals surface area contributed by atoms with Crippen molar-refractivity contribution in [2.24, 2.45) is 30.7 Å². The Morgan fingerprint density at radius 3 is 1.68 bits per heavy atom. The maximum atomic E-state index is 13.9. The van der Waals surface area contributed by atoms with Crippen LogP contribution in [0.4, 0.5) is 51.2 Å². The molecule has 68 heavy (non-hydrogen) atoms. The molecule has 6 rings (SSSR count). The van der Waals surface area contributed by atoms with Gasteiger partial charge in [-0.25, -0.2) is 8.42 Å². The summed E-state index contributed by atoms with van der Waals surface area (Å²) in [7, 11) is -10.6. The molecule has 346 valence electrons. The zero-order valence-corrected chi connectivity index (χ0v) is 43.3. The Kier molecular flexibility index (Phi) is 20.2. The third kappa shape index (κ3) is 13.7. The molecule has 0 saturated carbocycles. The summed E-state index contributed by atoms with van der Waals surface area (Å²) in [6, 6.07) is 22.6. The van der Waals surface area contributed by atoms with Crippen molar-refractivity contribution >= 4 is 82.2 Å². The van der Waals surface area contributed by atoms with Crippen molar-refractivity contribution in [2.45, 2.75) is 49.3 Å². The zero-order chi connectivity index (χ0) is 47.6. The fraction of sp³-hybridized carbons (Fsp3) is 0.227. The molecule has 0 aliphatic rings. The van der Waals surface area contributed by atoms with E-state index in [1.165, 1.54) is 30.3 Å². The van der Waals surface area contributed by atoms with Gasteiger partial charge in [0.15, 0.2) is 0 Å². The van der Waals surface area contributed by atoms with Crippen molar-refractivity contribution in [1.82, 2.24) is 0 Å². The average molecular weight is 986 g/mol. The van der Waals surface area contributed by atoms with E-state index in [0.29, 0.717) is 35.6 Å². The Balaban J connectivity index is 0.00000504. The maximum absolute atomic E-state index is 13.9. The van der Waals surface area contributed by atoms with Gasteiger partial charge in [0.2, 0.25) is 0 Å². The molecule has 0 unspecified atom stereocenters. The van der Waals surface area contributed by atoms with Crippen LogP contribution < -0.4 is 95.6 Å². The van der Waals surface area contributed by atoms with Gasteiger partial charge >= 0.3 is 59.1 Å². The third-order valence-electron chi connectivity index (χ3n) is 9.66. The molecule has 6 aromatic carbocycles. The fourth-order valence-electron chi connectivity index (χ4n) is 6.30. The van der Waals surface area contributed by atoms with E-state index in [1.807, 2.05) is 13.8 Å². The van der Waals surface area contributed by atoms with Crippen molar-refractivity contribution in [2.75, 3.05) is 43.6 Å². The molecule has 0 amide bonds. The third-order valence-corrected chi connectivity index (χ3v) is 11.4. The van der Waals surface area contributed by atoms with Crippen LogP contribution in [0.1, 0.15) is 39.5 Å². The number of ether oxygens (including phenoxy) is 3. The van der Waals surface area contributed by atoms with Crippen LogP contribution in [-0.4, -0.2) is 57.5 Å². The smallest absolute Gasteiger partial charge is 0.870 e. The molecule has 0 fully saturated rings. The van der Waals surface area contributed by atoms with Crippen molar-refractivity contribution in [3.8, 4) is 34.1 Å². The second-order valence-electron chi connectivity index (χ2n) is 14.4. The minimum absolute atomic E-state index is 0. The van der Waals surface area contributed by atoms with Crippen LogP contribution in [0, 0.1) is 0 Å². The van der Waals surface area contributed by atoms with E-state index in [-0.39, 0.29) is 119 Å². The fourth-order valence-corrected chi connectivity index (χ4v) is 7.61. The molecular weight excluding hydrogens is 941 g/mol. The first-order valence-electron chi connectivity index (χ1n) is 20.3. The second kappa shape index (κ2) is 24.9. The number of nitrogens with zero attached hydrogens (tertiary/aromatic N) is 6. The van der Waals surface area contributed by atoms with Crippen molar-refractivity contribution in [3.05, 3.63) is 91.0 Å². The van der Waals surface area contributed by atoms with Gasteiger partial charge in [0.05, 0.1) is 53.2 Å². The van der Waals surface area contributed by atoms with Gasteiger partial charge in [-0.3, -0.25) is 4.55 Å². The first kappa shape index (κ1) is 55.4. The summed E-state index contributed by atoms with van der Waals surface area (Å²) in [4.78, 5) is -2.03. The summed E-state index contributed by atoms with van der Waals surface area (Å²) >= 11 is 0. The van der Waals surface area contributed by atoms with Gasteiger partial charge in [-0.15, -0.1) is 25.6 Å². The van der Waals surface area contributed by atoms with Crippen LogP contribution in [0.5, 0.6) is 23.0 Å². The van der Waals surface area contributed by atoms with Gasteiger partial charge in [-0.2, -0.15) is 13.5 Å². The van der Waals surface area contributed by atoms with Crippen LogP contribution >= 0.6 is 0 Å². The minimum atomic E-state index is -5.41. The molecule has 0 radical (unpaired) electrons. The van der Waals surface area contributed by atoms with Crippen molar-refractivity contribution in [3.63, 3.8) is 0 Å². The van der Waals surface area contributed by atoms with Gasteiger partial charge in [-0.05, 0) is 84.0 Å². The average Bonchev–Trinajstić information content (AvgIpc) is 3.27. The van der Waals surface area contributed by atoms with E-state index in [9.17, 15) is 36.2 Å². The summed E-state index contributed by atoms with van der Waals surface area (Å²) in [5.74, 6) is -0.271. The molecule has 6 aromatic rings. The molecule has 0 atom stereocenters. The van der Waals surface area contributed by atoms with Gasteiger partial charge in [-0.1, -0.05) is 62.8 Å². The molecule has 0 saturated heterocycles. The SMILES string of the molecule is CCCCOc1cc(-c2ccc(N=Nc3c(S(=O)(=O)[O-])cc4cc(S(=O)(=O)O)c(N=Nc5ccccc5)c([O-])c4c3N)c(OCCCC)c2)ccc1N=Nc1cc(OCCO)c(N)cc1N.[Na+].[Na+]. The second-order valence-corrected chi connectivity index (χ2v) is 17.2. The normalized spacial score (nSPS) is 11.8. The summed E-state index contributed by atoms with van der Waals surface area (Å²) in [5, 5.41) is 47.0. The zero-order valence-electron chi connectivity index (χ0n) is 37.6. The summed E-state index contributed by atoms with van der Waals surface area (Å²) in [5.41, 5.74) is 19.2. The van der Waals surface area contributed by atoms with E-state index in [4.69, 9.17) is 31.4 Å². The van der Waals surface area contributed by atoms with Crippen molar-refractivity contribution < 1.29 is 109 Å².